The van der Waals surface area contributed by atoms with Crippen molar-refractivity contribution in [2.45, 2.75) is 32.7 Å². The number of nitrogens with one attached hydrogen (secondary N) is 1. The van der Waals surface area contributed by atoms with Crippen molar-refractivity contribution in [3.63, 3.8) is 0 Å². The topological polar surface area (TPSA) is 75.4 Å². The number of primary amides is 1. The quantitative estimate of drug-likeness (QED) is 0.844. The molecule has 1 aromatic heterocycles. The van der Waals surface area contributed by atoms with Gasteiger partial charge in [0.1, 0.15) is 0 Å². The van der Waals surface area contributed by atoms with E-state index in [9.17, 15) is 9.59 Å². The van der Waals surface area contributed by atoms with Crippen LogP contribution < -0.4 is 11.1 Å². The van der Waals surface area contributed by atoms with Gasteiger partial charge in [-0.1, -0.05) is 12.1 Å². The van der Waals surface area contributed by atoms with Gasteiger partial charge in [0.25, 0.3) is 5.91 Å². The van der Waals surface area contributed by atoms with Crippen molar-refractivity contribution in [1.82, 2.24) is 4.90 Å². The smallest absolute Gasteiger partial charge is 0.250 e. The number of hydrogen-bond acceptors (Lipinski definition) is 4. The van der Waals surface area contributed by atoms with Crippen LogP contribution in [0.2, 0.25) is 0 Å². The van der Waals surface area contributed by atoms with E-state index < -0.39 is 5.91 Å². The Kier molecular flexibility index (Phi) is 5.74. The van der Waals surface area contributed by atoms with Crippen LogP contribution in [0, 0.1) is 5.92 Å². The number of nitrogens with zero attached hydrogens (tertiary/aromatic N) is 1. The van der Waals surface area contributed by atoms with Gasteiger partial charge in [-0.25, -0.2) is 0 Å². The van der Waals surface area contributed by atoms with Crippen LogP contribution >= 0.6 is 11.3 Å². The molecule has 138 valence electrons. The van der Waals surface area contributed by atoms with E-state index in [4.69, 9.17) is 5.73 Å². The summed E-state index contributed by atoms with van der Waals surface area (Å²) in [6, 6.07) is 9.90. The zero-order valence-electron chi connectivity index (χ0n) is 15.2. The van der Waals surface area contributed by atoms with Gasteiger partial charge < -0.3 is 16.0 Å². The molecule has 1 fully saturated rings. The number of piperidine rings is 1. The molecule has 2 aromatic rings. The van der Waals surface area contributed by atoms with Gasteiger partial charge in [-0.3, -0.25) is 9.59 Å². The van der Waals surface area contributed by atoms with Crippen LogP contribution in [0.1, 0.15) is 37.0 Å². The monoisotopic (exact) mass is 371 g/mol. The predicted molar refractivity (Wildman–Crippen MR) is 106 cm³/mol. The summed E-state index contributed by atoms with van der Waals surface area (Å²) in [5, 5.41) is 4.91. The zero-order chi connectivity index (χ0) is 18.7. The Balaban J connectivity index is 1.73. The number of carbonyl (C=O) groups is 2. The van der Waals surface area contributed by atoms with Crippen molar-refractivity contribution in [3.05, 3.63) is 41.3 Å². The second-order valence-corrected chi connectivity index (χ2v) is 7.94. The summed E-state index contributed by atoms with van der Waals surface area (Å²) < 4.78 is 0. The first kappa shape index (κ1) is 18.6. The molecule has 0 aliphatic carbocycles. The molecule has 3 rings (SSSR count). The van der Waals surface area contributed by atoms with Gasteiger partial charge in [0.2, 0.25) is 5.91 Å². The fraction of sp³-hybridized carbons (Fsp3) is 0.400. The molecule has 1 saturated heterocycles. The molecule has 26 heavy (non-hydrogen) atoms. The zero-order valence-corrected chi connectivity index (χ0v) is 16.0. The van der Waals surface area contributed by atoms with Crippen molar-refractivity contribution >= 4 is 28.8 Å². The Morgan fingerprint density at radius 1 is 1.23 bits per heavy atom. The van der Waals surface area contributed by atoms with Gasteiger partial charge in [-0.05, 0) is 68.9 Å². The fourth-order valence-corrected chi connectivity index (χ4v) is 4.09. The minimum Gasteiger partial charge on any atom is -0.366 e. The van der Waals surface area contributed by atoms with E-state index in [0.29, 0.717) is 17.3 Å². The van der Waals surface area contributed by atoms with Crippen molar-refractivity contribution in [2.75, 3.05) is 18.4 Å². The highest BCUT2D eigenvalue weighted by atomic mass is 32.1. The molecule has 0 bridgehead atoms. The van der Waals surface area contributed by atoms with E-state index in [-0.39, 0.29) is 11.8 Å². The van der Waals surface area contributed by atoms with E-state index in [0.717, 1.165) is 36.4 Å². The van der Waals surface area contributed by atoms with Crippen LogP contribution in [0.4, 0.5) is 5.69 Å². The molecular weight excluding hydrogens is 346 g/mol. The summed E-state index contributed by atoms with van der Waals surface area (Å²) in [5.41, 5.74) is 7.32. The molecule has 1 aliphatic heterocycles. The molecule has 1 aromatic carbocycles. The van der Waals surface area contributed by atoms with Crippen LogP contribution in [-0.2, 0) is 4.79 Å². The highest BCUT2D eigenvalue weighted by molar-refractivity contribution is 7.13. The molecule has 2 heterocycles. The first-order chi connectivity index (χ1) is 12.5. The standard InChI is InChI=1S/C20H25N3O2S/c1-13(2)23-9-7-14(8-10-23)20(25)22-17-6-5-15(12-16(17)19(21)24)18-4-3-11-26-18/h3-6,11-14H,7-10H2,1-2H3,(H2,21,24)(H,22,25). The summed E-state index contributed by atoms with van der Waals surface area (Å²) in [7, 11) is 0. The fourth-order valence-electron chi connectivity index (χ4n) is 3.37. The summed E-state index contributed by atoms with van der Waals surface area (Å²) in [6.45, 7) is 6.20. The second kappa shape index (κ2) is 8.01. The van der Waals surface area contributed by atoms with E-state index >= 15 is 0 Å². The lowest BCUT2D eigenvalue weighted by molar-refractivity contribution is -0.121. The molecule has 1 aliphatic rings. The van der Waals surface area contributed by atoms with Gasteiger partial charge in [0.15, 0.2) is 0 Å². The first-order valence-electron chi connectivity index (χ1n) is 8.98. The third-order valence-corrected chi connectivity index (χ3v) is 5.90. The first-order valence-corrected chi connectivity index (χ1v) is 9.86. The van der Waals surface area contributed by atoms with Crippen molar-refractivity contribution in [3.8, 4) is 10.4 Å². The number of amides is 2. The highest BCUT2D eigenvalue weighted by Crippen LogP contribution is 2.29. The Hall–Kier alpha value is -2.18. The molecule has 2 amide bonds. The third-order valence-electron chi connectivity index (χ3n) is 4.98. The van der Waals surface area contributed by atoms with Gasteiger partial charge in [-0.2, -0.15) is 0 Å². The minimum atomic E-state index is -0.534. The Labute approximate surface area is 158 Å². The Morgan fingerprint density at radius 2 is 1.96 bits per heavy atom. The number of likely N-dealkylation sites (tertiary alicyclic amines) is 1. The summed E-state index contributed by atoms with van der Waals surface area (Å²) >= 11 is 1.60. The second-order valence-electron chi connectivity index (χ2n) is 7.00. The number of carbonyl (C=O) groups excluding carboxylic acids is 2. The highest BCUT2D eigenvalue weighted by Gasteiger charge is 2.26. The normalized spacial score (nSPS) is 16.0. The van der Waals surface area contributed by atoms with E-state index in [1.807, 2.05) is 23.6 Å². The number of nitrogens with two attached hydrogens (primary N) is 1. The van der Waals surface area contributed by atoms with Gasteiger partial charge in [0, 0.05) is 16.8 Å². The van der Waals surface area contributed by atoms with Crippen LogP contribution in [0.3, 0.4) is 0 Å². The SMILES string of the molecule is CC(C)N1CCC(C(=O)Nc2ccc(-c3cccs3)cc2C(N)=O)CC1. The molecule has 0 radical (unpaired) electrons. The van der Waals surface area contributed by atoms with Crippen LogP contribution in [0.15, 0.2) is 35.7 Å². The largest absolute Gasteiger partial charge is 0.366 e. The average Bonchev–Trinajstić information content (AvgIpc) is 3.16. The lowest BCUT2D eigenvalue weighted by Gasteiger charge is -2.34. The van der Waals surface area contributed by atoms with E-state index in [1.54, 1.807) is 23.5 Å². The number of thiophene rings is 1. The minimum absolute atomic E-state index is 0.0253. The number of benzene rings is 1. The maximum Gasteiger partial charge on any atom is 0.250 e. The number of hydrogen-bond donors (Lipinski definition) is 2. The molecule has 0 spiro atoms. The van der Waals surface area contributed by atoms with Crippen LogP contribution in [0.25, 0.3) is 10.4 Å². The number of rotatable bonds is 5. The molecule has 0 atom stereocenters. The van der Waals surface area contributed by atoms with Gasteiger partial charge in [-0.15, -0.1) is 11.3 Å². The van der Waals surface area contributed by atoms with Gasteiger partial charge >= 0.3 is 0 Å². The Morgan fingerprint density at radius 3 is 2.54 bits per heavy atom. The Bertz CT molecular complexity index is 778. The van der Waals surface area contributed by atoms with Crippen molar-refractivity contribution < 1.29 is 9.59 Å². The maximum absolute atomic E-state index is 12.7. The van der Waals surface area contributed by atoms with E-state index in [1.165, 1.54) is 0 Å². The maximum atomic E-state index is 12.7. The predicted octanol–water partition coefficient (Wildman–Crippen LogP) is 3.57. The lowest BCUT2D eigenvalue weighted by atomic mass is 9.94. The summed E-state index contributed by atoms with van der Waals surface area (Å²) in [4.78, 5) is 28.0. The van der Waals surface area contributed by atoms with E-state index in [2.05, 4.69) is 24.1 Å². The van der Waals surface area contributed by atoms with Crippen LogP contribution in [0.5, 0.6) is 0 Å². The molecule has 3 N–H and O–H groups in total. The molecular formula is C20H25N3O2S. The molecule has 0 saturated carbocycles. The van der Waals surface area contributed by atoms with Crippen molar-refractivity contribution in [2.24, 2.45) is 11.7 Å². The summed E-state index contributed by atoms with van der Waals surface area (Å²) in [5.74, 6) is -0.587. The third kappa shape index (κ3) is 4.14. The molecule has 0 unspecified atom stereocenters. The van der Waals surface area contributed by atoms with Crippen LogP contribution in [-0.4, -0.2) is 35.8 Å². The molecule has 6 heteroatoms. The molecule has 5 nitrogen and oxygen atoms in total. The summed E-state index contributed by atoms with van der Waals surface area (Å²) in [6.07, 6.45) is 1.67. The van der Waals surface area contributed by atoms with Crippen molar-refractivity contribution in [1.29, 1.82) is 0 Å². The number of anilines is 1. The average molecular weight is 372 g/mol. The van der Waals surface area contributed by atoms with Gasteiger partial charge in [0.05, 0.1) is 11.3 Å². The lowest BCUT2D eigenvalue weighted by Crippen LogP contribution is -2.41.